The SMILES string of the molecule is CCCC1CCC2C3CC(C12)C1C3CC2OC21. The largest absolute Gasteiger partial charge is 0.369 e. The Morgan fingerprint density at radius 3 is 2.76 bits per heavy atom. The minimum atomic E-state index is 0.721. The van der Waals surface area contributed by atoms with Crippen molar-refractivity contribution in [3.8, 4) is 0 Å². The van der Waals surface area contributed by atoms with Gasteiger partial charge in [-0.25, -0.2) is 0 Å². The monoisotopic (exact) mass is 232 g/mol. The topological polar surface area (TPSA) is 12.5 Å². The third-order valence-corrected chi connectivity index (χ3v) is 7.20. The highest BCUT2D eigenvalue weighted by Crippen LogP contribution is 2.71. The molecule has 2 bridgehead atoms. The number of fused-ring (bicyclic) bond motifs is 10. The van der Waals surface area contributed by atoms with Gasteiger partial charge in [-0.15, -0.1) is 0 Å². The summed E-state index contributed by atoms with van der Waals surface area (Å²) in [6, 6.07) is 0. The molecule has 17 heavy (non-hydrogen) atoms. The predicted molar refractivity (Wildman–Crippen MR) is 66.5 cm³/mol. The van der Waals surface area contributed by atoms with Gasteiger partial charge in [0.1, 0.15) is 0 Å². The van der Waals surface area contributed by atoms with Crippen molar-refractivity contribution in [1.29, 1.82) is 0 Å². The highest BCUT2D eigenvalue weighted by atomic mass is 16.6. The fraction of sp³-hybridized carbons (Fsp3) is 1.00. The van der Waals surface area contributed by atoms with E-state index in [4.69, 9.17) is 4.74 Å². The van der Waals surface area contributed by atoms with Crippen LogP contribution in [0.1, 0.15) is 45.4 Å². The van der Waals surface area contributed by atoms with Gasteiger partial charge in [0, 0.05) is 0 Å². The summed E-state index contributed by atoms with van der Waals surface area (Å²) < 4.78 is 5.86. The molecule has 5 fully saturated rings. The average molecular weight is 232 g/mol. The Morgan fingerprint density at radius 1 is 0.941 bits per heavy atom. The van der Waals surface area contributed by atoms with E-state index >= 15 is 0 Å². The first kappa shape index (κ1) is 9.83. The Hall–Kier alpha value is -0.0400. The van der Waals surface area contributed by atoms with Crippen LogP contribution in [0.4, 0.5) is 0 Å². The van der Waals surface area contributed by atoms with Crippen LogP contribution in [-0.2, 0) is 4.74 Å². The molecule has 0 radical (unpaired) electrons. The van der Waals surface area contributed by atoms with Crippen LogP contribution in [0.3, 0.4) is 0 Å². The molecule has 0 aromatic heterocycles. The second kappa shape index (κ2) is 3.10. The average Bonchev–Trinajstić information content (AvgIpc) is 2.76. The van der Waals surface area contributed by atoms with Crippen LogP contribution in [0.15, 0.2) is 0 Å². The van der Waals surface area contributed by atoms with Gasteiger partial charge in [0.2, 0.25) is 0 Å². The van der Waals surface area contributed by atoms with Gasteiger partial charge >= 0.3 is 0 Å². The number of rotatable bonds is 2. The van der Waals surface area contributed by atoms with Crippen molar-refractivity contribution in [2.45, 2.75) is 57.7 Å². The van der Waals surface area contributed by atoms with Gasteiger partial charge in [-0.1, -0.05) is 19.8 Å². The molecular weight excluding hydrogens is 208 g/mol. The van der Waals surface area contributed by atoms with E-state index in [1.54, 1.807) is 19.3 Å². The van der Waals surface area contributed by atoms with Crippen LogP contribution >= 0.6 is 0 Å². The molecule has 1 aliphatic heterocycles. The summed E-state index contributed by atoms with van der Waals surface area (Å²) in [7, 11) is 0. The van der Waals surface area contributed by atoms with Crippen LogP contribution in [0.25, 0.3) is 0 Å². The Labute approximate surface area is 104 Å². The summed E-state index contributed by atoms with van der Waals surface area (Å²) in [5.41, 5.74) is 0. The quantitative estimate of drug-likeness (QED) is 0.664. The lowest BCUT2D eigenvalue weighted by molar-refractivity contribution is 0.0640. The molecule has 4 aliphatic carbocycles. The summed E-state index contributed by atoms with van der Waals surface area (Å²) in [5.74, 6) is 7.71. The number of hydrogen-bond acceptors (Lipinski definition) is 1. The summed E-state index contributed by atoms with van der Waals surface area (Å²) >= 11 is 0. The lowest BCUT2D eigenvalue weighted by Crippen LogP contribution is -2.34. The molecular formula is C16H24O. The molecule has 0 aromatic rings. The van der Waals surface area contributed by atoms with Gasteiger partial charge in [0.15, 0.2) is 0 Å². The van der Waals surface area contributed by atoms with Gasteiger partial charge in [-0.2, -0.15) is 0 Å². The maximum absolute atomic E-state index is 5.86. The van der Waals surface area contributed by atoms with Crippen molar-refractivity contribution >= 4 is 0 Å². The van der Waals surface area contributed by atoms with Gasteiger partial charge in [-0.3, -0.25) is 0 Å². The number of epoxide rings is 1. The second-order valence-electron chi connectivity index (χ2n) is 7.55. The summed E-state index contributed by atoms with van der Waals surface area (Å²) in [4.78, 5) is 0. The standard InChI is InChI=1S/C16H24O/c1-2-3-8-4-5-9-10-6-12(14(8)9)15-11(10)7-13-16(15)17-13/h8-16H,2-7H2,1H3. The lowest BCUT2D eigenvalue weighted by Gasteiger charge is -2.37. The molecule has 0 N–H and O–H groups in total. The van der Waals surface area contributed by atoms with Crippen LogP contribution in [-0.4, -0.2) is 12.2 Å². The maximum atomic E-state index is 5.86. The van der Waals surface area contributed by atoms with E-state index in [0.717, 1.165) is 53.6 Å². The van der Waals surface area contributed by atoms with Crippen LogP contribution in [0, 0.1) is 41.4 Å². The van der Waals surface area contributed by atoms with Crippen molar-refractivity contribution < 1.29 is 4.74 Å². The van der Waals surface area contributed by atoms with Gasteiger partial charge in [0.25, 0.3) is 0 Å². The minimum Gasteiger partial charge on any atom is -0.369 e. The second-order valence-corrected chi connectivity index (χ2v) is 7.55. The smallest absolute Gasteiger partial charge is 0.0875 e. The number of hydrogen-bond donors (Lipinski definition) is 0. The molecule has 0 spiro atoms. The highest BCUT2D eigenvalue weighted by Gasteiger charge is 2.70. The van der Waals surface area contributed by atoms with Crippen LogP contribution < -0.4 is 0 Å². The van der Waals surface area contributed by atoms with E-state index in [2.05, 4.69) is 6.92 Å². The van der Waals surface area contributed by atoms with Crippen molar-refractivity contribution in [2.75, 3.05) is 0 Å². The molecule has 0 amide bonds. The molecule has 9 unspecified atom stereocenters. The maximum Gasteiger partial charge on any atom is 0.0875 e. The van der Waals surface area contributed by atoms with E-state index < -0.39 is 0 Å². The summed E-state index contributed by atoms with van der Waals surface area (Å²) in [6.07, 6.45) is 10.5. The van der Waals surface area contributed by atoms with E-state index in [9.17, 15) is 0 Å². The molecule has 1 heteroatoms. The molecule has 4 saturated carbocycles. The zero-order valence-electron chi connectivity index (χ0n) is 10.8. The van der Waals surface area contributed by atoms with Crippen molar-refractivity contribution in [3.05, 3.63) is 0 Å². The van der Waals surface area contributed by atoms with Gasteiger partial charge in [-0.05, 0) is 67.1 Å². The zero-order valence-corrected chi connectivity index (χ0v) is 10.8. The first-order chi connectivity index (χ1) is 8.38. The molecule has 0 aromatic carbocycles. The van der Waals surface area contributed by atoms with E-state index in [0.29, 0.717) is 0 Å². The highest BCUT2D eigenvalue weighted by molar-refractivity contribution is 5.17. The number of ether oxygens (including phenoxy) is 1. The predicted octanol–water partition coefficient (Wildman–Crippen LogP) is 3.48. The Balaban J connectivity index is 1.47. The van der Waals surface area contributed by atoms with Crippen LogP contribution in [0.5, 0.6) is 0 Å². The molecule has 9 atom stereocenters. The van der Waals surface area contributed by atoms with E-state index in [-0.39, 0.29) is 0 Å². The lowest BCUT2D eigenvalue weighted by atomic mass is 9.68. The fourth-order valence-electron chi connectivity index (χ4n) is 6.94. The molecule has 94 valence electrons. The normalized spacial score (nSPS) is 65.8. The van der Waals surface area contributed by atoms with Gasteiger partial charge in [0.05, 0.1) is 12.2 Å². The third kappa shape index (κ3) is 1.07. The Bertz CT molecular complexity index is 351. The van der Waals surface area contributed by atoms with Crippen molar-refractivity contribution in [1.82, 2.24) is 0 Å². The summed E-state index contributed by atoms with van der Waals surface area (Å²) in [5, 5.41) is 0. The summed E-state index contributed by atoms with van der Waals surface area (Å²) in [6.45, 7) is 2.37. The molecule has 1 nitrogen and oxygen atoms in total. The Morgan fingerprint density at radius 2 is 1.88 bits per heavy atom. The fourth-order valence-corrected chi connectivity index (χ4v) is 6.94. The van der Waals surface area contributed by atoms with Crippen molar-refractivity contribution in [2.24, 2.45) is 41.4 Å². The zero-order chi connectivity index (χ0) is 11.1. The first-order valence-corrected chi connectivity index (χ1v) is 8.04. The molecule has 1 heterocycles. The first-order valence-electron chi connectivity index (χ1n) is 8.04. The minimum absolute atomic E-state index is 0.721. The van der Waals surface area contributed by atoms with Crippen molar-refractivity contribution in [3.63, 3.8) is 0 Å². The molecule has 5 aliphatic rings. The third-order valence-electron chi connectivity index (χ3n) is 7.20. The molecule has 1 saturated heterocycles. The van der Waals surface area contributed by atoms with Gasteiger partial charge < -0.3 is 4.74 Å². The van der Waals surface area contributed by atoms with E-state index in [1.807, 2.05) is 0 Å². The van der Waals surface area contributed by atoms with Crippen LogP contribution in [0.2, 0.25) is 0 Å². The Kier molecular flexibility index (Phi) is 1.79. The molecule has 5 rings (SSSR count). The van der Waals surface area contributed by atoms with E-state index in [1.165, 1.54) is 19.3 Å².